The van der Waals surface area contributed by atoms with Crippen molar-refractivity contribution in [2.45, 2.75) is 37.5 Å². The highest BCUT2D eigenvalue weighted by Gasteiger charge is 2.26. The van der Waals surface area contributed by atoms with Crippen molar-refractivity contribution in [3.8, 4) is 0 Å². The highest BCUT2D eigenvalue weighted by atomic mass is 35.5. The van der Waals surface area contributed by atoms with E-state index in [9.17, 15) is 4.79 Å². The van der Waals surface area contributed by atoms with Crippen LogP contribution >= 0.6 is 23.4 Å². The van der Waals surface area contributed by atoms with Gasteiger partial charge in [0.05, 0.1) is 10.7 Å². The van der Waals surface area contributed by atoms with E-state index < -0.39 is 0 Å². The number of thioether (sulfide) groups is 1. The van der Waals surface area contributed by atoms with Gasteiger partial charge < -0.3 is 11.1 Å². The molecule has 0 radical (unpaired) electrons. The fourth-order valence-electron chi connectivity index (χ4n) is 2.41. The van der Waals surface area contributed by atoms with E-state index in [0.717, 1.165) is 18.6 Å². The third kappa shape index (κ3) is 3.80. The van der Waals surface area contributed by atoms with E-state index in [-0.39, 0.29) is 11.9 Å². The van der Waals surface area contributed by atoms with Crippen LogP contribution in [0.3, 0.4) is 0 Å². The van der Waals surface area contributed by atoms with Crippen molar-refractivity contribution in [3.63, 3.8) is 0 Å². The quantitative estimate of drug-likeness (QED) is 0.838. The molecule has 1 aliphatic rings. The van der Waals surface area contributed by atoms with Crippen LogP contribution < -0.4 is 11.1 Å². The monoisotopic (exact) mass is 298 g/mol. The number of nitrogens with two attached hydrogens (primary N) is 1. The fourth-order valence-corrected chi connectivity index (χ4v) is 3.67. The van der Waals surface area contributed by atoms with E-state index in [2.05, 4.69) is 12.2 Å². The molecule has 0 bridgehead atoms. The fraction of sp³-hybridized carbons (Fsp3) is 0.500. The highest BCUT2D eigenvalue weighted by Crippen LogP contribution is 2.30. The first-order chi connectivity index (χ1) is 9.10. The summed E-state index contributed by atoms with van der Waals surface area (Å²) in [6.45, 7) is 2.17. The van der Waals surface area contributed by atoms with Gasteiger partial charge in [-0.1, -0.05) is 18.5 Å². The maximum atomic E-state index is 12.1. The zero-order chi connectivity index (χ0) is 13.8. The Morgan fingerprint density at radius 1 is 1.53 bits per heavy atom. The number of hydrogen-bond donors (Lipinski definition) is 2. The molecule has 2 atom stereocenters. The van der Waals surface area contributed by atoms with Gasteiger partial charge in [0.25, 0.3) is 5.91 Å². The van der Waals surface area contributed by atoms with Crippen molar-refractivity contribution in [3.05, 3.63) is 28.8 Å². The maximum Gasteiger partial charge on any atom is 0.251 e. The normalized spacial score (nSPS) is 22.4. The average molecular weight is 299 g/mol. The lowest BCUT2D eigenvalue weighted by Crippen LogP contribution is -2.33. The van der Waals surface area contributed by atoms with Crippen molar-refractivity contribution >= 4 is 35.0 Å². The highest BCUT2D eigenvalue weighted by molar-refractivity contribution is 7.99. The molecule has 0 saturated heterocycles. The second-order valence-electron chi connectivity index (χ2n) is 4.80. The Labute approximate surface area is 123 Å². The summed E-state index contributed by atoms with van der Waals surface area (Å²) in [4.78, 5) is 12.1. The zero-order valence-electron chi connectivity index (χ0n) is 11.0. The summed E-state index contributed by atoms with van der Waals surface area (Å²) in [5.74, 6) is 1.08. The molecule has 0 heterocycles. The molecule has 1 fully saturated rings. The molecule has 5 heteroatoms. The molecule has 104 valence electrons. The lowest BCUT2D eigenvalue weighted by molar-refractivity contribution is 0.0938. The number of halogens is 1. The Bertz CT molecular complexity index is 467. The molecule has 1 saturated carbocycles. The number of benzene rings is 1. The molecule has 0 spiro atoms. The van der Waals surface area contributed by atoms with Gasteiger partial charge in [-0.15, -0.1) is 0 Å². The second-order valence-corrected chi connectivity index (χ2v) is 6.78. The number of hydrogen-bond acceptors (Lipinski definition) is 3. The Morgan fingerprint density at radius 3 is 3.00 bits per heavy atom. The summed E-state index contributed by atoms with van der Waals surface area (Å²) in [7, 11) is 0. The third-order valence-corrected chi connectivity index (χ3v) is 4.96. The zero-order valence-corrected chi connectivity index (χ0v) is 12.6. The van der Waals surface area contributed by atoms with E-state index in [1.54, 1.807) is 18.2 Å². The molecule has 1 aliphatic carbocycles. The van der Waals surface area contributed by atoms with Gasteiger partial charge in [-0.3, -0.25) is 4.79 Å². The van der Waals surface area contributed by atoms with Crippen LogP contribution in [0.15, 0.2) is 18.2 Å². The topological polar surface area (TPSA) is 55.1 Å². The molecule has 1 aromatic rings. The molecule has 2 unspecified atom stereocenters. The number of amides is 1. The van der Waals surface area contributed by atoms with Crippen LogP contribution in [0.4, 0.5) is 5.69 Å². The Morgan fingerprint density at radius 2 is 2.32 bits per heavy atom. The summed E-state index contributed by atoms with van der Waals surface area (Å²) in [5.41, 5.74) is 6.73. The van der Waals surface area contributed by atoms with Crippen LogP contribution in [0, 0.1) is 0 Å². The summed E-state index contributed by atoms with van der Waals surface area (Å²) < 4.78 is 0. The lowest BCUT2D eigenvalue weighted by Gasteiger charge is -2.13. The third-order valence-electron chi connectivity index (χ3n) is 3.38. The van der Waals surface area contributed by atoms with Crippen LogP contribution in [0.25, 0.3) is 0 Å². The van der Waals surface area contributed by atoms with Gasteiger partial charge in [0.1, 0.15) is 0 Å². The predicted octanol–water partition coefficient (Wildman–Crippen LogP) is 3.33. The molecule has 0 aliphatic heterocycles. The smallest absolute Gasteiger partial charge is 0.251 e. The standard InChI is InChI=1S/C14H19ClN2OS/c1-2-19-11-5-4-10(8-11)17-14(18)9-3-6-12(15)13(16)7-9/h3,6-7,10-11H,2,4-5,8,16H2,1H3,(H,17,18). The molecule has 19 heavy (non-hydrogen) atoms. The molecule has 3 nitrogen and oxygen atoms in total. The summed E-state index contributed by atoms with van der Waals surface area (Å²) in [5, 5.41) is 4.25. The molecule has 1 amide bonds. The Balaban J connectivity index is 1.92. The SMILES string of the molecule is CCSC1CCC(NC(=O)c2ccc(Cl)c(N)c2)C1. The minimum atomic E-state index is -0.0597. The maximum absolute atomic E-state index is 12.1. The van der Waals surface area contributed by atoms with E-state index in [0.29, 0.717) is 21.5 Å². The second kappa shape index (κ2) is 6.53. The van der Waals surface area contributed by atoms with E-state index in [1.807, 2.05) is 11.8 Å². The largest absolute Gasteiger partial charge is 0.398 e. The van der Waals surface area contributed by atoms with Crippen molar-refractivity contribution < 1.29 is 4.79 Å². The summed E-state index contributed by atoms with van der Waals surface area (Å²) >= 11 is 7.83. The molecule has 2 rings (SSSR count). The van der Waals surface area contributed by atoms with E-state index in [4.69, 9.17) is 17.3 Å². The first-order valence-corrected chi connectivity index (χ1v) is 8.00. The Kier molecular flexibility index (Phi) is 4.99. The van der Waals surface area contributed by atoms with Gasteiger partial charge >= 0.3 is 0 Å². The van der Waals surface area contributed by atoms with Gasteiger partial charge in [0.15, 0.2) is 0 Å². The van der Waals surface area contributed by atoms with Crippen molar-refractivity contribution in [1.82, 2.24) is 5.32 Å². The first-order valence-electron chi connectivity index (χ1n) is 6.57. The molecular formula is C14H19ClN2OS. The number of nitrogen functional groups attached to an aromatic ring is 1. The number of nitrogens with one attached hydrogen (secondary N) is 1. The van der Waals surface area contributed by atoms with E-state index in [1.165, 1.54) is 6.42 Å². The van der Waals surface area contributed by atoms with Crippen molar-refractivity contribution in [1.29, 1.82) is 0 Å². The van der Waals surface area contributed by atoms with Crippen LogP contribution in [0.1, 0.15) is 36.5 Å². The number of anilines is 1. The van der Waals surface area contributed by atoms with E-state index >= 15 is 0 Å². The lowest BCUT2D eigenvalue weighted by atomic mass is 10.1. The van der Waals surface area contributed by atoms with Crippen molar-refractivity contribution in [2.75, 3.05) is 11.5 Å². The average Bonchev–Trinajstić information content (AvgIpc) is 2.80. The minimum Gasteiger partial charge on any atom is -0.398 e. The molecule has 0 aromatic heterocycles. The Hall–Kier alpha value is -0.870. The van der Waals surface area contributed by atoms with Crippen LogP contribution in [-0.4, -0.2) is 23.0 Å². The van der Waals surface area contributed by atoms with Gasteiger partial charge in [-0.05, 0) is 43.2 Å². The van der Waals surface area contributed by atoms with Crippen LogP contribution in [0.2, 0.25) is 5.02 Å². The van der Waals surface area contributed by atoms with Crippen molar-refractivity contribution in [2.24, 2.45) is 0 Å². The predicted molar refractivity (Wildman–Crippen MR) is 82.9 cm³/mol. The molecular weight excluding hydrogens is 280 g/mol. The van der Waals surface area contributed by atoms with Crippen LogP contribution in [0.5, 0.6) is 0 Å². The summed E-state index contributed by atoms with van der Waals surface area (Å²) in [6, 6.07) is 5.29. The molecule has 3 N–H and O–H groups in total. The van der Waals surface area contributed by atoms with Gasteiger partial charge in [-0.25, -0.2) is 0 Å². The van der Waals surface area contributed by atoms with Gasteiger partial charge in [0, 0.05) is 16.9 Å². The van der Waals surface area contributed by atoms with Crippen LogP contribution in [-0.2, 0) is 0 Å². The minimum absolute atomic E-state index is 0.0597. The number of rotatable bonds is 4. The van der Waals surface area contributed by atoms with Gasteiger partial charge in [0.2, 0.25) is 0 Å². The number of carbonyl (C=O) groups excluding carboxylic acids is 1. The number of carbonyl (C=O) groups is 1. The van der Waals surface area contributed by atoms with Gasteiger partial charge in [-0.2, -0.15) is 11.8 Å². The summed E-state index contributed by atoms with van der Waals surface area (Å²) in [6.07, 6.45) is 3.31. The molecule has 1 aromatic carbocycles. The first kappa shape index (κ1) is 14.5.